The zero-order valence-corrected chi connectivity index (χ0v) is 14.0. The Morgan fingerprint density at radius 3 is 2.55 bits per heavy atom. The summed E-state index contributed by atoms with van der Waals surface area (Å²) in [5, 5.41) is 3.49. The molecule has 0 amide bonds. The van der Waals surface area contributed by atoms with E-state index < -0.39 is 0 Å². The summed E-state index contributed by atoms with van der Waals surface area (Å²) in [6.07, 6.45) is 3.49. The molecule has 4 nitrogen and oxygen atoms in total. The van der Waals surface area contributed by atoms with Crippen LogP contribution < -0.4 is 5.32 Å². The Labute approximate surface area is 125 Å². The van der Waals surface area contributed by atoms with Crippen molar-refractivity contribution >= 4 is 0 Å². The molecule has 0 aliphatic carbocycles. The van der Waals surface area contributed by atoms with Gasteiger partial charge < -0.3 is 19.7 Å². The van der Waals surface area contributed by atoms with Crippen LogP contribution in [0.3, 0.4) is 0 Å². The first-order valence-electron chi connectivity index (χ1n) is 8.13. The zero-order chi connectivity index (χ0) is 15.0. The minimum absolute atomic E-state index is 0.322. The van der Waals surface area contributed by atoms with Gasteiger partial charge in [-0.1, -0.05) is 13.8 Å². The Balaban J connectivity index is 2.07. The van der Waals surface area contributed by atoms with Gasteiger partial charge in [-0.15, -0.1) is 0 Å². The Bertz CT molecular complexity index is 247. The predicted molar refractivity (Wildman–Crippen MR) is 84.2 cm³/mol. The lowest BCUT2D eigenvalue weighted by Gasteiger charge is -2.22. The zero-order valence-electron chi connectivity index (χ0n) is 14.0. The van der Waals surface area contributed by atoms with Gasteiger partial charge in [0.05, 0.1) is 24.9 Å². The fourth-order valence-electron chi connectivity index (χ4n) is 2.48. The van der Waals surface area contributed by atoms with Crippen molar-refractivity contribution in [2.75, 3.05) is 39.8 Å². The van der Waals surface area contributed by atoms with Crippen molar-refractivity contribution in [1.82, 2.24) is 10.2 Å². The molecule has 4 heteroatoms. The molecule has 0 aromatic rings. The number of rotatable bonds is 10. The van der Waals surface area contributed by atoms with Crippen molar-refractivity contribution in [1.29, 1.82) is 0 Å². The maximum absolute atomic E-state index is 6.10. The van der Waals surface area contributed by atoms with E-state index in [1.807, 2.05) is 0 Å². The molecule has 0 radical (unpaired) electrons. The van der Waals surface area contributed by atoms with E-state index >= 15 is 0 Å². The highest BCUT2D eigenvalue weighted by Crippen LogP contribution is 2.19. The van der Waals surface area contributed by atoms with Gasteiger partial charge in [0.2, 0.25) is 0 Å². The highest BCUT2D eigenvalue weighted by atomic mass is 16.5. The summed E-state index contributed by atoms with van der Waals surface area (Å²) < 4.78 is 11.7. The molecule has 1 heterocycles. The van der Waals surface area contributed by atoms with Gasteiger partial charge in [-0.2, -0.15) is 0 Å². The van der Waals surface area contributed by atoms with Gasteiger partial charge in [-0.05, 0) is 46.2 Å². The molecule has 0 saturated carbocycles. The molecule has 1 rings (SSSR count). The van der Waals surface area contributed by atoms with Crippen molar-refractivity contribution in [3.05, 3.63) is 0 Å². The minimum atomic E-state index is 0.322. The maximum atomic E-state index is 6.10. The lowest BCUT2D eigenvalue weighted by Crippen LogP contribution is -2.34. The van der Waals surface area contributed by atoms with Crippen LogP contribution in [0.1, 0.15) is 40.5 Å². The Kier molecular flexibility index (Phi) is 8.69. The summed E-state index contributed by atoms with van der Waals surface area (Å²) in [5.74, 6) is 0.708. The topological polar surface area (TPSA) is 33.7 Å². The van der Waals surface area contributed by atoms with Crippen LogP contribution in [-0.4, -0.2) is 63.0 Å². The van der Waals surface area contributed by atoms with Crippen molar-refractivity contribution in [3.63, 3.8) is 0 Å². The van der Waals surface area contributed by atoms with Gasteiger partial charge in [0.15, 0.2) is 0 Å². The van der Waals surface area contributed by atoms with Gasteiger partial charge >= 0.3 is 0 Å². The highest BCUT2D eigenvalue weighted by Gasteiger charge is 2.25. The first kappa shape index (κ1) is 17.9. The van der Waals surface area contributed by atoms with Crippen LogP contribution >= 0.6 is 0 Å². The molecule has 2 unspecified atom stereocenters. The largest absolute Gasteiger partial charge is 0.377 e. The lowest BCUT2D eigenvalue weighted by molar-refractivity contribution is 0.0165. The van der Waals surface area contributed by atoms with Crippen molar-refractivity contribution < 1.29 is 9.47 Å². The Morgan fingerprint density at radius 1 is 1.20 bits per heavy atom. The van der Waals surface area contributed by atoms with E-state index in [-0.39, 0.29) is 0 Å². The fourth-order valence-corrected chi connectivity index (χ4v) is 2.48. The molecule has 1 aliphatic rings. The van der Waals surface area contributed by atoms with Gasteiger partial charge in [0, 0.05) is 19.6 Å². The summed E-state index contributed by atoms with van der Waals surface area (Å²) in [7, 11) is 2.15. The van der Waals surface area contributed by atoms with Gasteiger partial charge in [0.25, 0.3) is 0 Å². The van der Waals surface area contributed by atoms with E-state index in [4.69, 9.17) is 9.47 Å². The number of ether oxygens (including phenoxy) is 2. The molecule has 1 fully saturated rings. The second-order valence-corrected chi connectivity index (χ2v) is 6.69. The van der Waals surface area contributed by atoms with E-state index in [2.05, 4.69) is 45.0 Å². The molecular weight excluding hydrogens is 252 g/mol. The van der Waals surface area contributed by atoms with Crippen LogP contribution in [0, 0.1) is 5.92 Å². The summed E-state index contributed by atoms with van der Waals surface area (Å²) in [6.45, 7) is 13.5. The first-order valence-corrected chi connectivity index (χ1v) is 8.13. The minimum Gasteiger partial charge on any atom is -0.377 e. The number of likely N-dealkylation sites (N-methyl/N-ethyl adjacent to an activating group) is 1. The molecule has 0 aromatic heterocycles. The van der Waals surface area contributed by atoms with Crippen LogP contribution in [0.15, 0.2) is 0 Å². The summed E-state index contributed by atoms with van der Waals surface area (Å²) in [6, 6.07) is 0. The molecule has 1 aliphatic heterocycles. The van der Waals surface area contributed by atoms with Gasteiger partial charge in [0.1, 0.15) is 0 Å². The predicted octanol–water partition coefficient (Wildman–Crippen LogP) is 2.14. The molecule has 0 bridgehead atoms. The third-order valence-corrected chi connectivity index (χ3v) is 3.56. The number of hydrogen-bond donors (Lipinski definition) is 1. The highest BCUT2D eigenvalue weighted by molar-refractivity contribution is 4.77. The van der Waals surface area contributed by atoms with Crippen molar-refractivity contribution in [3.8, 4) is 0 Å². The van der Waals surface area contributed by atoms with Crippen molar-refractivity contribution in [2.45, 2.75) is 58.8 Å². The first-order chi connectivity index (χ1) is 9.47. The molecule has 0 spiro atoms. The Hall–Kier alpha value is -0.160. The third-order valence-electron chi connectivity index (χ3n) is 3.56. The Morgan fingerprint density at radius 2 is 1.90 bits per heavy atom. The van der Waals surface area contributed by atoms with E-state index in [0.717, 1.165) is 32.8 Å². The number of nitrogens with zero attached hydrogens (tertiary/aromatic N) is 1. The van der Waals surface area contributed by atoms with Crippen LogP contribution in [0.4, 0.5) is 0 Å². The van der Waals surface area contributed by atoms with Crippen LogP contribution in [0.2, 0.25) is 0 Å². The molecule has 2 atom stereocenters. The summed E-state index contributed by atoms with van der Waals surface area (Å²) >= 11 is 0. The average Bonchev–Trinajstić information content (AvgIpc) is 2.75. The summed E-state index contributed by atoms with van der Waals surface area (Å²) in [4.78, 5) is 2.32. The van der Waals surface area contributed by atoms with E-state index in [1.165, 1.54) is 12.8 Å². The second-order valence-electron chi connectivity index (χ2n) is 6.69. The quantitative estimate of drug-likeness (QED) is 0.667. The average molecular weight is 286 g/mol. The van der Waals surface area contributed by atoms with E-state index in [9.17, 15) is 0 Å². The van der Waals surface area contributed by atoms with E-state index in [0.29, 0.717) is 24.2 Å². The molecule has 20 heavy (non-hydrogen) atoms. The van der Waals surface area contributed by atoms with E-state index in [1.54, 1.807) is 0 Å². The third kappa shape index (κ3) is 8.20. The molecule has 120 valence electrons. The monoisotopic (exact) mass is 286 g/mol. The second kappa shape index (κ2) is 9.72. The van der Waals surface area contributed by atoms with Gasteiger partial charge in [-0.3, -0.25) is 0 Å². The number of nitrogens with one attached hydrogen (secondary N) is 1. The van der Waals surface area contributed by atoms with Crippen LogP contribution in [0.25, 0.3) is 0 Å². The lowest BCUT2D eigenvalue weighted by atomic mass is 10.2. The summed E-state index contributed by atoms with van der Waals surface area (Å²) in [5.41, 5.74) is 0. The smallest absolute Gasteiger partial charge is 0.0707 e. The molecular formula is C16H34N2O2. The maximum Gasteiger partial charge on any atom is 0.0707 e. The number of hydrogen-bond acceptors (Lipinski definition) is 4. The fraction of sp³-hybridized carbons (Fsp3) is 1.00. The van der Waals surface area contributed by atoms with Crippen LogP contribution in [0.5, 0.6) is 0 Å². The standard InChI is InChI=1S/C16H34N2O2/c1-13(2)10-17-11-15-6-7-16(20-15)12-18(5)8-9-19-14(3)4/h13-17H,6-12H2,1-5H3. The SMILES string of the molecule is CC(C)CNCC1CCC(CN(C)CCOC(C)C)O1. The van der Waals surface area contributed by atoms with Gasteiger partial charge in [-0.25, -0.2) is 0 Å². The molecule has 0 aromatic carbocycles. The molecule has 1 N–H and O–H groups in total. The van der Waals surface area contributed by atoms with Crippen LogP contribution in [-0.2, 0) is 9.47 Å². The molecule has 1 saturated heterocycles. The normalized spacial score (nSPS) is 23.4. The van der Waals surface area contributed by atoms with Crippen molar-refractivity contribution in [2.24, 2.45) is 5.92 Å².